The van der Waals surface area contributed by atoms with Crippen LogP contribution in [0.25, 0.3) is 0 Å². The van der Waals surface area contributed by atoms with Gasteiger partial charge in [-0.05, 0) is 30.9 Å². The average Bonchev–Trinajstić information content (AvgIpc) is 2.28. The molecule has 70 valence electrons. The average molecular weight is 183 g/mol. The summed E-state index contributed by atoms with van der Waals surface area (Å²) in [5.41, 5.74) is 1.24. The molecule has 1 N–H and O–H groups in total. The van der Waals surface area contributed by atoms with Gasteiger partial charge in [0.05, 0.1) is 5.69 Å². The predicted molar refractivity (Wildman–Crippen MR) is 47.8 cm³/mol. The Kier molecular flexibility index (Phi) is 2.17. The van der Waals surface area contributed by atoms with Gasteiger partial charge in [0.2, 0.25) is 0 Å². The normalized spacial score (nSPS) is 15.8. The quantitative estimate of drug-likeness (QED) is 0.652. The van der Waals surface area contributed by atoms with Crippen molar-refractivity contribution >= 4 is 5.69 Å². The maximum Gasteiger partial charge on any atom is 0.149 e. The molecule has 13 heavy (non-hydrogen) atoms. The Bertz CT molecular complexity index is 323. The maximum atomic E-state index is 13.2. The SMILES string of the molecule is Fc1cc(F)c2c(c1)CCCCN2. The summed E-state index contributed by atoms with van der Waals surface area (Å²) < 4.78 is 26.0. The van der Waals surface area contributed by atoms with E-state index in [0.29, 0.717) is 5.69 Å². The molecule has 0 amide bonds. The van der Waals surface area contributed by atoms with E-state index in [0.717, 1.165) is 37.4 Å². The van der Waals surface area contributed by atoms with Crippen molar-refractivity contribution < 1.29 is 8.78 Å². The van der Waals surface area contributed by atoms with Gasteiger partial charge in [-0.3, -0.25) is 0 Å². The highest BCUT2D eigenvalue weighted by Crippen LogP contribution is 2.25. The Hall–Kier alpha value is -1.12. The largest absolute Gasteiger partial charge is 0.382 e. The maximum absolute atomic E-state index is 13.2. The Balaban J connectivity index is 2.47. The molecule has 0 aliphatic carbocycles. The summed E-state index contributed by atoms with van der Waals surface area (Å²) in [7, 11) is 0. The van der Waals surface area contributed by atoms with Gasteiger partial charge in [0.25, 0.3) is 0 Å². The summed E-state index contributed by atoms with van der Waals surface area (Å²) >= 11 is 0. The molecule has 0 bridgehead atoms. The number of anilines is 1. The zero-order chi connectivity index (χ0) is 9.26. The summed E-state index contributed by atoms with van der Waals surface area (Å²) in [4.78, 5) is 0. The standard InChI is InChI=1S/C10H11F2N/c11-8-5-7-3-1-2-4-13-10(7)9(12)6-8/h5-6,13H,1-4H2. The summed E-state index contributed by atoms with van der Waals surface area (Å²) in [6, 6.07) is 2.34. The van der Waals surface area contributed by atoms with Gasteiger partial charge in [-0.2, -0.15) is 0 Å². The fourth-order valence-corrected chi connectivity index (χ4v) is 1.68. The second-order valence-electron chi connectivity index (χ2n) is 3.31. The minimum absolute atomic E-state index is 0.475. The molecule has 0 saturated carbocycles. The monoisotopic (exact) mass is 183 g/mol. The topological polar surface area (TPSA) is 12.0 Å². The molecule has 1 aromatic carbocycles. The zero-order valence-corrected chi connectivity index (χ0v) is 7.24. The minimum Gasteiger partial charge on any atom is -0.382 e. The van der Waals surface area contributed by atoms with E-state index >= 15 is 0 Å². The van der Waals surface area contributed by atoms with E-state index in [4.69, 9.17) is 0 Å². The van der Waals surface area contributed by atoms with Crippen LogP contribution in [0.5, 0.6) is 0 Å². The summed E-state index contributed by atoms with van der Waals surface area (Å²) in [5, 5.41) is 2.98. The van der Waals surface area contributed by atoms with Gasteiger partial charge in [-0.1, -0.05) is 0 Å². The molecule has 1 aromatic rings. The van der Waals surface area contributed by atoms with Gasteiger partial charge in [-0.15, -0.1) is 0 Å². The second-order valence-corrected chi connectivity index (χ2v) is 3.31. The van der Waals surface area contributed by atoms with E-state index < -0.39 is 11.6 Å². The van der Waals surface area contributed by atoms with Crippen molar-refractivity contribution in [3.8, 4) is 0 Å². The summed E-state index contributed by atoms with van der Waals surface area (Å²) in [5.74, 6) is -0.961. The first-order chi connectivity index (χ1) is 6.27. The third-order valence-corrected chi connectivity index (χ3v) is 2.31. The van der Waals surface area contributed by atoms with E-state index in [-0.39, 0.29) is 0 Å². The van der Waals surface area contributed by atoms with Crippen LogP contribution in [0.2, 0.25) is 0 Å². The Morgan fingerprint density at radius 3 is 2.85 bits per heavy atom. The summed E-state index contributed by atoms with van der Waals surface area (Å²) in [6.07, 6.45) is 2.76. The number of halogens is 2. The van der Waals surface area contributed by atoms with Crippen LogP contribution < -0.4 is 5.32 Å². The Morgan fingerprint density at radius 2 is 2.00 bits per heavy atom. The lowest BCUT2D eigenvalue weighted by Gasteiger charge is -2.08. The molecular formula is C10H11F2N. The molecule has 1 aliphatic heterocycles. The van der Waals surface area contributed by atoms with Crippen molar-refractivity contribution in [2.45, 2.75) is 19.3 Å². The van der Waals surface area contributed by atoms with Crippen LogP contribution in [0.4, 0.5) is 14.5 Å². The van der Waals surface area contributed by atoms with Crippen molar-refractivity contribution in [1.82, 2.24) is 0 Å². The van der Waals surface area contributed by atoms with Gasteiger partial charge in [0.1, 0.15) is 11.6 Å². The van der Waals surface area contributed by atoms with E-state index in [9.17, 15) is 8.78 Å². The first kappa shape index (κ1) is 8.48. The van der Waals surface area contributed by atoms with E-state index in [1.54, 1.807) is 0 Å². The van der Waals surface area contributed by atoms with Gasteiger partial charge >= 0.3 is 0 Å². The van der Waals surface area contributed by atoms with Gasteiger partial charge in [0, 0.05) is 12.6 Å². The molecule has 1 nitrogen and oxygen atoms in total. The predicted octanol–water partition coefficient (Wildman–Crippen LogP) is 2.71. The molecular weight excluding hydrogens is 172 g/mol. The molecule has 0 atom stereocenters. The summed E-state index contributed by atoms with van der Waals surface area (Å²) in [6.45, 7) is 0.773. The van der Waals surface area contributed by atoms with E-state index in [1.165, 1.54) is 6.07 Å². The lowest BCUT2D eigenvalue weighted by atomic mass is 10.1. The van der Waals surface area contributed by atoms with E-state index in [2.05, 4.69) is 5.32 Å². The first-order valence-electron chi connectivity index (χ1n) is 4.49. The number of aryl methyl sites for hydroxylation is 1. The molecule has 2 rings (SSSR count). The fraction of sp³-hybridized carbons (Fsp3) is 0.400. The first-order valence-corrected chi connectivity index (χ1v) is 4.49. The highest BCUT2D eigenvalue weighted by Gasteiger charge is 2.12. The highest BCUT2D eigenvalue weighted by atomic mass is 19.1. The van der Waals surface area contributed by atoms with Crippen LogP contribution in [0.15, 0.2) is 12.1 Å². The molecule has 3 heteroatoms. The van der Waals surface area contributed by atoms with Crippen molar-refractivity contribution in [2.75, 3.05) is 11.9 Å². The van der Waals surface area contributed by atoms with Crippen molar-refractivity contribution in [1.29, 1.82) is 0 Å². The number of benzene rings is 1. The Morgan fingerprint density at radius 1 is 1.15 bits per heavy atom. The number of fused-ring (bicyclic) bond motifs is 1. The molecule has 0 fully saturated rings. The van der Waals surface area contributed by atoms with Crippen LogP contribution >= 0.6 is 0 Å². The van der Waals surface area contributed by atoms with Crippen LogP contribution in [0.3, 0.4) is 0 Å². The number of nitrogens with one attached hydrogen (secondary N) is 1. The van der Waals surface area contributed by atoms with Crippen LogP contribution in [0.1, 0.15) is 18.4 Å². The van der Waals surface area contributed by atoms with Crippen molar-refractivity contribution in [3.05, 3.63) is 29.3 Å². The van der Waals surface area contributed by atoms with E-state index in [1.807, 2.05) is 0 Å². The van der Waals surface area contributed by atoms with Crippen LogP contribution in [-0.4, -0.2) is 6.54 Å². The lowest BCUT2D eigenvalue weighted by molar-refractivity contribution is 0.582. The zero-order valence-electron chi connectivity index (χ0n) is 7.24. The number of hydrogen-bond acceptors (Lipinski definition) is 1. The fourth-order valence-electron chi connectivity index (χ4n) is 1.68. The minimum atomic E-state index is -0.486. The number of rotatable bonds is 0. The third-order valence-electron chi connectivity index (χ3n) is 2.31. The van der Waals surface area contributed by atoms with Crippen molar-refractivity contribution in [3.63, 3.8) is 0 Å². The molecule has 0 radical (unpaired) electrons. The van der Waals surface area contributed by atoms with Gasteiger partial charge in [-0.25, -0.2) is 8.78 Å². The third kappa shape index (κ3) is 1.64. The van der Waals surface area contributed by atoms with Crippen molar-refractivity contribution in [2.24, 2.45) is 0 Å². The van der Waals surface area contributed by atoms with Gasteiger partial charge in [0.15, 0.2) is 0 Å². The molecule has 1 heterocycles. The molecule has 0 unspecified atom stereocenters. The lowest BCUT2D eigenvalue weighted by Crippen LogP contribution is -2.02. The second kappa shape index (κ2) is 3.32. The highest BCUT2D eigenvalue weighted by molar-refractivity contribution is 5.53. The molecule has 0 spiro atoms. The Labute approximate surface area is 75.8 Å². The molecule has 1 aliphatic rings. The van der Waals surface area contributed by atoms with Gasteiger partial charge < -0.3 is 5.32 Å². The molecule has 0 aromatic heterocycles. The van der Waals surface area contributed by atoms with Crippen LogP contribution in [0, 0.1) is 11.6 Å². The number of hydrogen-bond donors (Lipinski definition) is 1. The van der Waals surface area contributed by atoms with Crippen LogP contribution in [-0.2, 0) is 6.42 Å². The molecule has 0 saturated heterocycles. The smallest absolute Gasteiger partial charge is 0.149 e.